The Kier molecular flexibility index (Phi) is 8.36. The van der Waals surface area contributed by atoms with Gasteiger partial charge in [0.05, 0.1) is 23.1 Å². The van der Waals surface area contributed by atoms with Crippen LogP contribution in [0.5, 0.6) is 0 Å². The molecule has 0 amide bonds. The summed E-state index contributed by atoms with van der Waals surface area (Å²) in [5, 5.41) is 0. The normalized spacial score (nSPS) is 13.8. The number of fused-ring (bicyclic) bond motifs is 3. The van der Waals surface area contributed by atoms with E-state index < -0.39 is 0 Å². The van der Waals surface area contributed by atoms with Gasteiger partial charge in [-0.2, -0.15) is 8.75 Å². The fraction of sp³-hybridized carbons (Fsp3) is 0.268. The quantitative estimate of drug-likeness (QED) is 0.166. The van der Waals surface area contributed by atoms with E-state index in [1.54, 1.807) is 5.56 Å². The Hall–Kier alpha value is -3.93. The summed E-state index contributed by atoms with van der Waals surface area (Å²) in [5.74, 6) is 0. The first-order valence-corrected chi connectivity index (χ1v) is 18.3. The Morgan fingerprint density at radius 3 is 2.07 bits per heavy atom. The number of aryl methyl sites for hydroxylation is 8. The molecular weight excluding hydrogens is 599 g/mol. The largest absolute Gasteiger partial charge is 0.343 e. The number of anilines is 2. The number of benzene rings is 5. The molecule has 0 N–H and O–H groups in total. The van der Waals surface area contributed by atoms with Crippen molar-refractivity contribution in [3.8, 4) is 0 Å². The molecule has 11 rings (SSSR count). The minimum atomic E-state index is 1.03. The summed E-state index contributed by atoms with van der Waals surface area (Å²) in [6.45, 7) is 0. The Bertz CT molecular complexity index is 2030. The predicted molar refractivity (Wildman–Crippen MR) is 194 cm³/mol. The maximum absolute atomic E-state index is 4.55. The number of nitrogens with zero attached hydrogens (tertiary/aromatic N) is 3. The van der Waals surface area contributed by atoms with Crippen molar-refractivity contribution in [3.63, 3.8) is 0 Å². The lowest BCUT2D eigenvalue weighted by molar-refractivity contribution is 0.789. The third-order valence-electron chi connectivity index (χ3n) is 9.91. The van der Waals surface area contributed by atoms with E-state index in [1.165, 1.54) is 78.3 Å². The van der Waals surface area contributed by atoms with Crippen molar-refractivity contribution < 1.29 is 0 Å². The van der Waals surface area contributed by atoms with E-state index in [2.05, 4.69) is 118 Å². The highest BCUT2D eigenvalue weighted by molar-refractivity contribution is 7.99. The second-order valence-corrected chi connectivity index (χ2v) is 14.5. The van der Waals surface area contributed by atoms with Crippen molar-refractivity contribution in [2.75, 3.05) is 11.9 Å². The molecule has 5 aliphatic rings. The molecule has 0 spiro atoms. The first-order chi connectivity index (χ1) is 22.7. The second-order valence-electron chi connectivity index (χ2n) is 12.9. The van der Waals surface area contributed by atoms with Gasteiger partial charge in [0.15, 0.2) is 0 Å². The molecule has 230 valence electrons. The topological polar surface area (TPSA) is 29.0 Å². The van der Waals surface area contributed by atoms with Crippen LogP contribution in [0.25, 0.3) is 11.0 Å². The average Bonchev–Trinajstić information content (AvgIpc) is 3.57. The molecule has 3 nitrogen and oxygen atoms in total. The van der Waals surface area contributed by atoms with E-state index in [0.29, 0.717) is 0 Å². The summed E-state index contributed by atoms with van der Waals surface area (Å²) in [6.07, 6.45) is 11.1. The summed E-state index contributed by atoms with van der Waals surface area (Å²) in [4.78, 5) is 5.04. The van der Waals surface area contributed by atoms with Crippen molar-refractivity contribution in [2.45, 2.75) is 74.0 Å². The summed E-state index contributed by atoms with van der Waals surface area (Å²) < 4.78 is 8.98. The van der Waals surface area contributed by atoms with Crippen LogP contribution in [0.4, 0.5) is 11.4 Å². The Morgan fingerprint density at radius 1 is 0.587 bits per heavy atom. The number of hydrogen-bond donors (Lipinski definition) is 0. The summed E-state index contributed by atoms with van der Waals surface area (Å²) >= 11 is 3.22. The molecular formula is C41H39N3S2. The van der Waals surface area contributed by atoms with Gasteiger partial charge in [0, 0.05) is 16.8 Å². The van der Waals surface area contributed by atoms with Gasteiger partial charge in [-0.05, 0) is 139 Å². The SMILES string of the molecule is CN1c2ccccc2Sc2cc(CCCc3cc4ccc3CCc3ccc(c(CCCc5cccc6nsnc56)c3)CC4)ccc21. The van der Waals surface area contributed by atoms with Crippen LogP contribution in [0.1, 0.15) is 57.3 Å². The van der Waals surface area contributed by atoms with Gasteiger partial charge < -0.3 is 4.90 Å². The van der Waals surface area contributed by atoms with Crippen molar-refractivity contribution >= 4 is 45.9 Å². The minimum absolute atomic E-state index is 1.03. The fourth-order valence-corrected chi connectivity index (χ4v) is 9.12. The molecule has 0 atom stereocenters. The van der Waals surface area contributed by atoms with Crippen LogP contribution in [0.2, 0.25) is 0 Å². The monoisotopic (exact) mass is 637 g/mol. The van der Waals surface area contributed by atoms with Gasteiger partial charge in [0.1, 0.15) is 11.0 Å². The van der Waals surface area contributed by atoms with Crippen LogP contribution in [-0.4, -0.2) is 15.8 Å². The van der Waals surface area contributed by atoms with Gasteiger partial charge in [0.2, 0.25) is 0 Å². The van der Waals surface area contributed by atoms with Crippen molar-refractivity contribution in [1.82, 2.24) is 8.75 Å². The van der Waals surface area contributed by atoms with Gasteiger partial charge in [-0.15, -0.1) is 0 Å². The molecule has 5 heteroatoms. The smallest absolute Gasteiger partial charge is 0.107 e. The van der Waals surface area contributed by atoms with Gasteiger partial charge >= 0.3 is 0 Å². The highest BCUT2D eigenvalue weighted by atomic mass is 32.2. The molecule has 5 aromatic carbocycles. The maximum atomic E-state index is 4.55. The lowest BCUT2D eigenvalue weighted by Crippen LogP contribution is -2.14. The predicted octanol–water partition coefficient (Wildman–Crippen LogP) is 10.2. The van der Waals surface area contributed by atoms with E-state index in [0.717, 1.165) is 68.8 Å². The molecule has 0 saturated carbocycles. The van der Waals surface area contributed by atoms with E-state index in [1.807, 2.05) is 11.8 Å². The van der Waals surface area contributed by atoms with E-state index in [4.69, 9.17) is 0 Å². The van der Waals surface area contributed by atoms with Gasteiger partial charge in [0.25, 0.3) is 0 Å². The molecule has 2 heterocycles. The zero-order valence-electron chi connectivity index (χ0n) is 26.5. The molecule has 6 aromatic rings. The summed E-state index contributed by atoms with van der Waals surface area (Å²) in [6, 6.07) is 36.9. The van der Waals surface area contributed by atoms with Crippen molar-refractivity contribution in [1.29, 1.82) is 0 Å². The first-order valence-electron chi connectivity index (χ1n) is 16.7. The zero-order valence-corrected chi connectivity index (χ0v) is 28.1. The average molecular weight is 638 g/mol. The molecule has 4 bridgehead atoms. The molecule has 0 fully saturated rings. The lowest BCUT2D eigenvalue weighted by Gasteiger charge is -2.29. The van der Waals surface area contributed by atoms with Crippen LogP contribution in [0, 0.1) is 0 Å². The summed E-state index contributed by atoms with van der Waals surface area (Å²) in [5.41, 5.74) is 16.6. The molecule has 46 heavy (non-hydrogen) atoms. The minimum Gasteiger partial charge on any atom is -0.343 e. The van der Waals surface area contributed by atoms with Crippen LogP contribution < -0.4 is 4.90 Å². The van der Waals surface area contributed by atoms with E-state index in [9.17, 15) is 0 Å². The Morgan fingerprint density at radius 2 is 1.28 bits per heavy atom. The molecule has 1 aromatic heterocycles. The molecule has 0 unspecified atom stereocenters. The van der Waals surface area contributed by atoms with Crippen LogP contribution in [-0.2, 0) is 51.4 Å². The third kappa shape index (κ3) is 6.11. The highest BCUT2D eigenvalue weighted by Gasteiger charge is 2.20. The zero-order chi connectivity index (χ0) is 30.9. The van der Waals surface area contributed by atoms with Gasteiger partial charge in [-0.25, -0.2) is 0 Å². The lowest BCUT2D eigenvalue weighted by atomic mass is 9.88. The standard InChI is InChI=1S/C41H39N3S2/c1-44-37-13-2-3-14-39(37)45-40-27-28(19-24-38(40)44)7-4-10-34-25-29-15-20-31(34)21-16-30-18-23-32(22-17-29)35(26-30)11-5-8-33-9-6-12-36-41(33)43-46-42-36/h2-3,6,9,12-15,18-20,23-27H,4-5,7-8,10-11,16-17,21-22H2,1H3. The number of rotatable bonds is 8. The van der Waals surface area contributed by atoms with Gasteiger partial charge in [-0.3, -0.25) is 0 Å². The Balaban J connectivity index is 0.923. The third-order valence-corrected chi connectivity index (χ3v) is 11.6. The first kappa shape index (κ1) is 29.5. The highest BCUT2D eigenvalue weighted by Crippen LogP contribution is 2.47. The fourth-order valence-electron chi connectivity index (χ4n) is 7.34. The maximum Gasteiger partial charge on any atom is 0.107 e. The van der Waals surface area contributed by atoms with Crippen LogP contribution in [0.3, 0.4) is 0 Å². The van der Waals surface area contributed by atoms with Crippen molar-refractivity contribution in [3.05, 3.63) is 142 Å². The molecule has 1 aliphatic heterocycles. The van der Waals surface area contributed by atoms with E-state index >= 15 is 0 Å². The van der Waals surface area contributed by atoms with Crippen LogP contribution in [0.15, 0.2) is 107 Å². The molecule has 0 radical (unpaired) electrons. The van der Waals surface area contributed by atoms with Gasteiger partial charge in [-0.1, -0.05) is 78.5 Å². The number of para-hydroxylation sites is 1. The van der Waals surface area contributed by atoms with Crippen LogP contribution >= 0.6 is 23.5 Å². The molecule has 0 saturated heterocycles. The number of aromatic nitrogens is 2. The Labute approximate surface area is 281 Å². The number of hydrogen-bond acceptors (Lipinski definition) is 5. The van der Waals surface area contributed by atoms with E-state index in [-0.39, 0.29) is 0 Å². The van der Waals surface area contributed by atoms with Crippen molar-refractivity contribution in [2.24, 2.45) is 0 Å². The second kappa shape index (κ2) is 13.1. The summed E-state index contributed by atoms with van der Waals surface area (Å²) in [7, 11) is 2.18. The molecule has 4 aliphatic carbocycles.